The van der Waals surface area contributed by atoms with Crippen molar-refractivity contribution < 1.29 is 18.4 Å². The van der Waals surface area contributed by atoms with Crippen molar-refractivity contribution in [2.45, 2.75) is 31.5 Å². The fraction of sp³-hybridized carbons (Fsp3) is 0.200. The Kier molecular flexibility index (Phi) is 5.75. The van der Waals surface area contributed by atoms with E-state index in [1.54, 1.807) is 18.2 Å². The molecule has 1 heterocycles. The molecule has 1 aliphatic carbocycles. The number of carbonyl (C=O) groups excluding carboxylic acids is 2. The van der Waals surface area contributed by atoms with E-state index < -0.39 is 23.6 Å². The van der Waals surface area contributed by atoms with Gasteiger partial charge in [-0.25, -0.2) is 13.5 Å². The molecule has 0 spiro atoms. The predicted molar refractivity (Wildman–Crippen MR) is 122 cm³/mol. The van der Waals surface area contributed by atoms with Crippen LogP contribution < -0.4 is 5.32 Å². The van der Waals surface area contributed by atoms with Crippen LogP contribution in [0.25, 0.3) is 11.0 Å². The maximum Gasteiger partial charge on any atom is 0.251 e. The van der Waals surface area contributed by atoms with E-state index in [4.69, 9.17) is 0 Å². The Morgan fingerprint density at radius 2 is 1.71 bits per heavy atom. The first-order chi connectivity index (χ1) is 16.5. The molecule has 0 unspecified atom stereocenters. The summed E-state index contributed by atoms with van der Waals surface area (Å²) in [6.45, 7) is -0.147. The van der Waals surface area contributed by atoms with E-state index in [0.29, 0.717) is 29.6 Å². The Balaban J connectivity index is 1.49. The first-order valence-electron chi connectivity index (χ1n) is 10.9. The van der Waals surface area contributed by atoms with E-state index in [0.717, 1.165) is 0 Å². The fourth-order valence-electron chi connectivity index (χ4n) is 4.01. The smallest absolute Gasteiger partial charge is 0.251 e. The van der Waals surface area contributed by atoms with Gasteiger partial charge in [0, 0.05) is 17.3 Å². The zero-order valence-corrected chi connectivity index (χ0v) is 18.1. The lowest BCUT2D eigenvalue weighted by Gasteiger charge is -2.31. The number of amides is 2. The molecular formula is C25H21F2N5O2. The molecule has 1 aromatic heterocycles. The molecule has 2 amide bonds. The summed E-state index contributed by atoms with van der Waals surface area (Å²) in [7, 11) is 0. The molecule has 0 radical (unpaired) electrons. The highest BCUT2D eigenvalue weighted by Crippen LogP contribution is 2.36. The van der Waals surface area contributed by atoms with E-state index in [1.165, 1.54) is 52.0 Å². The lowest BCUT2D eigenvalue weighted by Crippen LogP contribution is -2.44. The summed E-state index contributed by atoms with van der Waals surface area (Å²) in [5, 5.41) is 10.9. The number of aromatic nitrogens is 3. The number of para-hydroxylation sites is 1. The molecule has 3 aromatic carbocycles. The van der Waals surface area contributed by atoms with Gasteiger partial charge in [0.1, 0.15) is 29.7 Å². The van der Waals surface area contributed by atoms with Gasteiger partial charge in [0.05, 0.1) is 5.52 Å². The third kappa shape index (κ3) is 4.36. The molecule has 34 heavy (non-hydrogen) atoms. The minimum Gasteiger partial charge on any atom is -0.324 e. The van der Waals surface area contributed by atoms with Crippen LogP contribution in [-0.2, 0) is 16.1 Å². The lowest BCUT2D eigenvalue weighted by atomic mass is 10.0. The first-order valence-corrected chi connectivity index (χ1v) is 10.9. The predicted octanol–water partition coefficient (Wildman–Crippen LogP) is 4.08. The molecule has 0 bridgehead atoms. The molecule has 1 saturated carbocycles. The van der Waals surface area contributed by atoms with Crippen LogP contribution in [0.4, 0.5) is 14.5 Å². The van der Waals surface area contributed by atoms with Gasteiger partial charge in [-0.3, -0.25) is 9.59 Å². The van der Waals surface area contributed by atoms with Crippen LogP contribution in [0.1, 0.15) is 24.4 Å². The highest BCUT2D eigenvalue weighted by Gasteiger charge is 2.42. The molecule has 4 aromatic rings. The second-order valence-electron chi connectivity index (χ2n) is 8.19. The number of hydrogen-bond donors (Lipinski definition) is 1. The zero-order chi connectivity index (χ0) is 23.7. The standard InChI is InChI=1S/C25H21F2N5O2/c26-16-9-11-17(12-10-16)28-25(34)24(19-5-1-2-6-20(19)27)32(18-13-14-18)23(33)15-31-22-8-4-3-7-21(22)29-30-31/h1-12,18,24H,13-15H2,(H,28,34)/t24-/m1/s1. The number of benzene rings is 3. The number of nitrogens with one attached hydrogen (secondary N) is 1. The van der Waals surface area contributed by atoms with Crippen molar-refractivity contribution in [1.29, 1.82) is 0 Å². The van der Waals surface area contributed by atoms with Crippen LogP contribution in [0.3, 0.4) is 0 Å². The number of nitrogens with zero attached hydrogens (tertiary/aromatic N) is 4. The number of fused-ring (bicyclic) bond motifs is 1. The van der Waals surface area contributed by atoms with E-state index in [9.17, 15) is 18.4 Å². The molecule has 9 heteroatoms. The number of hydrogen-bond acceptors (Lipinski definition) is 4. The zero-order valence-electron chi connectivity index (χ0n) is 18.1. The second-order valence-corrected chi connectivity index (χ2v) is 8.19. The Bertz CT molecular complexity index is 1350. The van der Waals surface area contributed by atoms with Gasteiger partial charge in [0.25, 0.3) is 5.91 Å². The summed E-state index contributed by atoms with van der Waals surface area (Å²) in [6, 6.07) is 17.0. The van der Waals surface area contributed by atoms with E-state index in [-0.39, 0.29) is 24.1 Å². The van der Waals surface area contributed by atoms with Gasteiger partial charge in [-0.15, -0.1) is 5.10 Å². The Hall–Kier alpha value is -4.14. The van der Waals surface area contributed by atoms with Crippen LogP contribution in [0.15, 0.2) is 72.8 Å². The molecule has 0 aliphatic heterocycles. The highest BCUT2D eigenvalue weighted by molar-refractivity contribution is 5.98. The molecule has 1 aliphatic rings. The quantitative estimate of drug-likeness (QED) is 0.450. The summed E-state index contributed by atoms with van der Waals surface area (Å²) in [4.78, 5) is 28.4. The van der Waals surface area contributed by atoms with Crippen LogP contribution >= 0.6 is 0 Å². The molecular weight excluding hydrogens is 440 g/mol. The van der Waals surface area contributed by atoms with Gasteiger partial charge in [0.15, 0.2) is 0 Å². The molecule has 172 valence electrons. The maximum atomic E-state index is 14.9. The third-order valence-electron chi connectivity index (χ3n) is 5.77. The van der Waals surface area contributed by atoms with Crippen molar-refractivity contribution in [1.82, 2.24) is 19.9 Å². The van der Waals surface area contributed by atoms with Crippen LogP contribution in [0.5, 0.6) is 0 Å². The van der Waals surface area contributed by atoms with Gasteiger partial charge in [-0.1, -0.05) is 35.5 Å². The summed E-state index contributed by atoms with van der Waals surface area (Å²) in [5.74, 6) is -1.99. The first kappa shape index (κ1) is 21.7. The topological polar surface area (TPSA) is 80.1 Å². The SMILES string of the molecule is O=C(Nc1ccc(F)cc1)[C@@H](c1ccccc1F)N(C(=O)Cn1nnc2ccccc21)C1CC1. The monoisotopic (exact) mass is 461 g/mol. The summed E-state index contributed by atoms with van der Waals surface area (Å²) < 4.78 is 29.7. The number of carbonyl (C=O) groups is 2. The normalized spacial score (nSPS) is 14.1. The molecule has 0 saturated heterocycles. The summed E-state index contributed by atoms with van der Waals surface area (Å²) >= 11 is 0. The summed E-state index contributed by atoms with van der Waals surface area (Å²) in [6.07, 6.45) is 1.41. The van der Waals surface area contributed by atoms with Crippen molar-refractivity contribution in [3.63, 3.8) is 0 Å². The van der Waals surface area contributed by atoms with Crippen molar-refractivity contribution >= 4 is 28.5 Å². The molecule has 1 atom stereocenters. The second kappa shape index (κ2) is 9.01. The van der Waals surface area contributed by atoms with Gasteiger partial charge in [-0.05, 0) is 55.3 Å². The van der Waals surface area contributed by atoms with Crippen LogP contribution in [0, 0.1) is 11.6 Å². The van der Waals surface area contributed by atoms with Crippen LogP contribution in [-0.4, -0.2) is 37.7 Å². The molecule has 1 fully saturated rings. The third-order valence-corrected chi connectivity index (χ3v) is 5.77. The minimum absolute atomic E-state index is 0.0887. The van der Waals surface area contributed by atoms with Crippen LogP contribution in [0.2, 0.25) is 0 Å². The Morgan fingerprint density at radius 3 is 2.44 bits per heavy atom. The van der Waals surface area contributed by atoms with Crippen molar-refractivity contribution in [3.8, 4) is 0 Å². The molecule has 1 N–H and O–H groups in total. The lowest BCUT2D eigenvalue weighted by molar-refractivity contribution is -0.140. The maximum absolute atomic E-state index is 14.9. The van der Waals surface area contributed by atoms with Gasteiger partial charge in [-0.2, -0.15) is 0 Å². The van der Waals surface area contributed by atoms with Gasteiger partial charge >= 0.3 is 0 Å². The molecule has 7 nitrogen and oxygen atoms in total. The van der Waals surface area contributed by atoms with Crippen molar-refractivity contribution in [3.05, 3.63) is 90.0 Å². The van der Waals surface area contributed by atoms with Gasteiger partial charge < -0.3 is 10.2 Å². The number of rotatable bonds is 7. The Labute approximate surface area is 194 Å². The highest BCUT2D eigenvalue weighted by atomic mass is 19.1. The Morgan fingerprint density at radius 1 is 1.00 bits per heavy atom. The van der Waals surface area contributed by atoms with E-state index in [2.05, 4.69) is 15.6 Å². The average molecular weight is 461 g/mol. The van der Waals surface area contributed by atoms with Crippen molar-refractivity contribution in [2.75, 3.05) is 5.32 Å². The number of halogens is 2. The average Bonchev–Trinajstić information content (AvgIpc) is 3.60. The van der Waals surface area contributed by atoms with Gasteiger partial charge in [0.2, 0.25) is 5.91 Å². The van der Waals surface area contributed by atoms with E-state index in [1.807, 2.05) is 12.1 Å². The summed E-state index contributed by atoms with van der Waals surface area (Å²) in [5.41, 5.74) is 1.77. The molecule has 5 rings (SSSR count). The fourth-order valence-corrected chi connectivity index (χ4v) is 4.01. The largest absolute Gasteiger partial charge is 0.324 e. The minimum atomic E-state index is -1.21. The number of anilines is 1. The van der Waals surface area contributed by atoms with E-state index >= 15 is 0 Å². The van der Waals surface area contributed by atoms with Crippen molar-refractivity contribution in [2.24, 2.45) is 0 Å².